The van der Waals surface area contributed by atoms with Crippen molar-refractivity contribution in [2.45, 2.75) is 33.1 Å². The van der Waals surface area contributed by atoms with Crippen LogP contribution >= 0.6 is 0 Å². The van der Waals surface area contributed by atoms with E-state index >= 15 is 0 Å². The predicted octanol–water partition coefficient (Wildman–Crippen LogP) is 2.43. The number of benzene rings is 1. The molecule has 1 aliphatic heterocycles. The number of carbonyl (C=O) groups excluding carboxylic acids is 2. The number of ether oxygens (including phenoxy) is 2. The zero-order chi connectivity index (χ0) is 19.3. The molecule has 2 rings (SSSR count). The van der Waals surface area contributed by atoms with E-state index in [-0.39, 0.29) is 29.6 Å². The van der Waals surface area contributed by atoms with Gasteiger partial charge in [0.1, 0.15) is 11.5 Å². The molecule has 2 amide bonds. The van der Waals surface area contributed by atoms with Crippen LogP contribution < -0.4 is 14.8 Å². The first-order valence-corrected chi connectivity index (χ1v) is 9.21. The SMILES string of the molecule is CCCNC(=O)C1CN(C(=O)C(C)C)CC1c1ccc(OC)cc1OC. The van der Waals surface area contributed by atoms with E-state index in [1.807, 2.05) is 39.0 Å². The van der Waals surface area contributed by atoms with Crippen molar-refractivity contribution in [2.75, 3.05) is 33.9 Å². The van der Waals surface area contributed by atoms with Crippen molar-refractivity contribution in [3.8, 4) is 11.5 Å². The predicted molar refractivity (Wildman–Crippen MR) is 100 cm³/mol. The Morgan fingerprint density at radius 2 is 1.96 bits per heavy atom. The van der Waals surface area contributed by atoms with Crippen LogP contribution in [-0.2, 0) is 9.59 Å². The van der Waals surface area contributed by atoms with E-state index in [0.717, 1.165) is 12.0 Å². The van der Waals surface area contributed by atoms with Crippen LogP contribution in [0.4, 0.5) is 0 Å². The molecule has 0 bridgehead atoms. The number of methoxy groups -OCH3 is 2. The maximum atomic E-state index is 12.7. The molecule has 0 radical (unpaired) electrons. The van der Waals surface area contributed by atoms with Crippen molar-refractivity contribution in [1.29, 1.82) is 0 Å². The molecule has 144 valence electrons. The second-order valence-corrected chi connectivity index (χ2v) is 7.01. The first kappa shape index (κ1) is 20.1. The Hall–Kier alpha value is -2.24. The Morgan fingerprint density at radius 1 is 1.23 bits per heavy atom. The normalized spacial score (nSPS) is 19.5. The summed E-state index contributed by atoms with van der Waals surface area (Å²) in [4.78, 5) is 27.0. The van der Waals surface area contributed by atoms with E-state index in [1.54, 1.807) is 19.1 Å². The summed E-state index contributed by atoms with van der Waals surface area (Å²) in [7, 11) is 3.21. The molecular formula is C20H30N2O4. The molecule has 1 saturated heterocycles. The molecule has 6 heteroatoms. The fraction of sp³-hybridized carbons (Fsp3) is 0.600. The van der Waals surface area contributed by atoms with Gasteiger partial charge in [0.25, 0.3) is 0 Å². The van der Waals surface area contributed by atoms with Crippen molar-refractivity contribution in [3.63, 3.8) is 0 Å². The van der Waals surface area contributed by atoms with Crippen LogP contribution in [0.15, 0.2) is 18.2 Å². The van der Waals surface area contributed by atoms with E-state index < -0.39 is 0 Å². The van der Waals surface area contributed by atoms with Crippen LogP contribution in [0.3, 0.4) is 0 Å². The number of nitrogens with zero attached hydrogens (tertiary/aromatic N) is 1. The summed E-state index contributed by atoms with van der Waals surface area (Å²) in [5.74, 6) is 0.974. The number of nitrogens with one attached hydrogen (secondary N) is 1. The second kappa shape index (κ2) is 8.92. The lowest BCUT2D eigenvalue weighted by molar-refractivity contribution is -0.133. The Balaban J connectivity index is 2.35. The smallest absolute Gasteiger partial charge is 0.225 e. The summed E-state index contributed by atoms with van der Waals surface area (Å²) in [5.41, 5.74) is 0.934. The van der Waals surface area contributed by atoms with Crippen LogP contribution in [0.1, 0.15) is 38.7 Å². The summed E-state index contributed by atoms with van der Waals surface area (Å²) in [6.45, 7) is 7.38. The summed E-state index contributed by atoms with van der Waals surface area (Å²) >= 11 is 0. The second-order valence-electron chi connectivity index (χ2n) is 7.01. The standard InChI is InChI=1S/C20H30N2O4/c1-6-9-21-19(23)17-12-22(20(24)13(2)3)11-16(17)15-8-7-14(25-4)10-18(15)26-5/h7-8,10,13,16-17H,6,9,11-12H2,1-5H3,(H,21,23). The van der Waals surface area contributed by atoms with Gasteiger partial charge in [-0.3, -0.25) is 9.59 Å². The van der Waals surface area contributed by atoms with Gasteiger partial charge in [-0.25, -0.2) is 0 Å². The van der Waals surface area contributed by atoms with Gasteiger partial charge in [-0.2, -0.15) is 0 Å². The molecule has 0 saturated carbocycles. The van der Waals surface area contributed by atoms with E-state index in [2.05, 4.69) is 5.32 Å². The van der Waals surface area contributed by atoms with Gasteiger partial charge in [0, 0.05) is 43.1 Å². The molecule has 1 fully saturated rings. The zero-order valence-electron chi connectivity index (χ0n) is 16.4. The fourth-order valence-corrected chi connectivity index (χ4v) is 3.43. The summed E-state index contributed by atoms with van der Waals surface area (Å²) in [6, 6.07) is 5.63. The Labute approximate surface area is 155 Å². The molecule has 0 spiro atoms. The highest BCUT2D eigenvalue weighted by molar-refractivity contribution is 5.84. The maximum absolute atomic E-state index is 12.7. The maximum Gasteiger partial charge on any atom is 0.225 e. The number of hydrogen-bond acceptors (Lipinski definition) is 4. The lowest BCUT2D eigenvalue weighted by atomic mass is 9.87. The van der Waals surface area contributed by atoms with Crippen LogP contribution in [-0.4, -0.2) is 50.6 Å². The molecule has 26 heavy (non-hydrogen) atoms. The van der Waals surface area contributed by atoms with E-state index in [4.69, 9.17) is 9.47 Å². The van der Waals surface area contributed by atoms with Crippen LogP contribution in [0, 0.1) is 11.8 Å². The topological polar surface area (TPSA) is 67.9 Å². The zero-order valence-corrected chi connectivity index (χ0v) is 16.4. The Kier molecular flexibility index (Phi) is 6.89. The van der Waals surface area contributed by atoms with Gasteiger partial charge in [-0.15, -0.1) is 0 Å². The largest absolute Gasteiger partial charge is 0.497 e. The molecule has 1 heterocycles. The van der Waals surface area contributed by atoms with Gasteiger partial charge in [0.15, 0.2) is 0 Å². The van der Waals surface area contributed by atoms with Crippen LogP contribution in [0.2, 0.25) is 0 Å². The number of carbonyl (C=O) groups is 2. The molecule has 1 aromatic rings. The number of rotatable bonds is 7. The molecule has 0 aliphatic carbocycles. The van der Waals surface area contributed by atoms with Gasteiger partial charge in [0.05, 0.1) is 20.1 Å². The molecule has 6 nitrogen and oxygen atoms in total. The summed E-state index contributed by atoms with van der Waals surface area (Å²) < 4.78 is 10.8. The minimum absolute atomic E-state index is 0.00576. The van der Waals surface area contributed by atoms with Gasteiger partial charge in [-0.05, 0) is 12.5 Å². The number of likely N-dealkylation sites (tertiary alicyclic amines) is 1. The lowest BCUT2D eigenvalue weighted by Crippen LogP contribution is -2.36. The van der Waals surface area contributed by atoms with Crippen LogP contribution in [0.25, 0.3) is 0 Å². The van der Waals surface area contributed by atoms with Gasteiger partial charge < -0.3 is 19.7 Å². The summed E-state index contributed by atoms with van der Waals surface area (Å²) in [6.07, 6.45) is 0.879. The van der Waals surface area contributed by atoms with Crippen molar-refractivity contribution in [3.05, 3.63) is 23.8 Å². The molecule has 1 aliphatic rings. The molecule has 1 aromatic carbocycles. The van der Waals surface area contributed by atoms with E-state index in [0.29, 0.717) is 31.1 Å². The molecule has 0 aromatic heterocycles. The van der Waals surface area contributed by atoms with E-state index in [9.17, 15) is 9.59 Å². The number of amides is 2. The highest BCUT2D eigenvalue weighted by atomic mass is 16.5. The minimum Gasteiger partial charge on any atom is -0.497 e. The van der Waals surface area contributed by atoms with E-state index in [1.165, 1.54) is 0 Å². The third kappa shape index (κ3) is 4.29. The fourth-order valence-electron chi connectivity index (χ4n) is 3.43. The molecule has 2 unspecified atom stereocenters. The average molecular weight is 362 g/mol. The quantitative estimate of drug-likeness (QED) is 0.809. The minimum atomic E-state index is -0.286. The van der Waals surface area contributed by atoms with Gasteiger partial charge in [-0.1, -0.05) is 26.8 Å². The number of hydrogen-bond donors (Lipinski definition) is 1. The van der Waals surface area contributed by atoms with Crippen molar-refractivity contribution in [1.82, 2.24) is 10.2 Å². The highest BCUT2D eigenvalue weighted by Gasteiger charge is 2.41. The molecule has 2 atom stereocenters. The first-order chi connectivity index (χ1) is 12.4. The van der Waals surface area contributed by atoms with Crippen molar-refractivity contribution >= 4 is 11.8 Å². The Morgan fingerprint density at radius 3 is 2.54 bits per heavy atom. The first-order valence-electron chi connectivity index (χ1n) is 9.21. The third-order valence-electron chi connectivity index (χ3n) is 4.85. The van der Waals surface area contributed by atoms with Gasteiger partial charge >= 0.3 is 0 Å². The van der Waals surface area contributed by atoms with Gasteiger partial charge in [0.2, 0.25) is 11.8 Å². The highest BCUT2D eigenvalue weighted by Crippen LogP contribution is 2.39. The molecular weight excluding hydrogens is 332 g/mol. The monoisotopic (exact) mass is 362 g/mol. The third-order valence-corrected chi connectivity index (χ3v) is 4.85. The van der Waals surface area contributed by atoms with Crippen LogP contribution in [0.5, 0.6) is 11.5 Å². The average Bonchev–Trinajstić information content (AvgIpc) is 3.09. The summed E-state index contributed by atoms with van der Waals surface area (Å²) in [5, 5.41) is 2.98. The molecule has 1 N–H and O–H groups in total. The van der Waals surface area contributed by atoms with Crippen molar-refractivity contribution in [2.24, 2.45) is 11.8 Å². The lowest BCUT2D eigenvalue weighted by Gasteiger charge is -2.21. The Bertz CT molecular complexity index is 645. The van der Waals surface area contributed by atoms with Crippen molar-refractivity contribution < 1.29 is 19.1 Å².